The molecule has 0 aromatic rings. The van der Waals surface area contributed by atoms with Gasteiger partial charge >= 0.3 is 0 Å². The van der Waals surface area contributed by atoms with Crippen molar-refractivity contribution in [3.8, 4) is 48.4 Å². The molecule has 0 saturated heterocycles. The number of hydrogen-bond acceptors (Lipinski definition) is 2. The standard InChI is InChI=1S/C46H68O2/c1-3-5-6-7-8-9-10-11-12-13-14-15-16-17-18-19-20-21-25-28-31-34-37-40-43-46(48)44-41-38-35-32-29-26-23-22-24-27-30-33-36-39-42-45(47)4-2/h1-2,5-6,21,23,25-26,34,37,39,42,45-48H,7-20,22,24,27-33,35-36,38H2/b6-5+,25-21+,26-23+,37-34+,42-39+. The molecule has 48 heavy (non-hydrogen) atoms. The SMILES string of the molecule is C#C/C=C/CCCCCCCCCCCCCC/C=C/CC/C=C/C#CC(O)C#CCCCC/C=C/CCCCCC/C=C/C(O)C#C. The first-order chi connectivity index (χ1) is 23.7. The van der Waals surface area contributed by atoms with Gasteiger partial charge in [0.2, 0.25) is 0 Å². The van der Waals surface area contributed by atoms with Gasteiger partial charge in [-0.05, 0) is 102 Å². The van der Waals surface area contributed by atoms with Gasteiger partial charge < -0.3 is 10.2 Å². The van der Waals surface area contributed by atoms with Crippen molar-refractivity contribution in [3.05, 3.63) is 60.8 Å². The summed E-state index contributed by atoms with van der Waals surface area (Å²) in [5.41, 5.74) is 0. The number of rotatable bonds is 30. The molecule has 2 unspecified atom stereocenters. The summed E-state index contributed by atoms with van der Waals surface area (Å²) in [6.07, 6.45) is 61.1. The number of terminal acetylenes is 2. The molecule has 0 bridgehead atoms. The predicted octanol–water partition coefficient (Wildman–Crippen LogP) is 11.9. The van der Waals surface area contributed by atoms with Gasteiger partial charge in [-0.15, -0.1) is 12.8 Å². The predicted molar refractivity (Wildman–Crippen MR) is 211 cm³/mol. The summed E-state index contributed by atoms with van der Waals surface area (Å²) in [6.45, 7) is 0. The van der Waals surface area contributed by atoms with Crippen LogP contribution in [0.15, 0.2) is 60.8 Å². The lowest BCUT2D eigenvalue weighted by Gasteiger charge is -2.02. The van der Waals surface area contributed by atoms with Gasteiger partial charge in [0.1, 0.15) is 6.10 Å². The first-order valence-electron chi connectivity index (χ1n) is 19.2. The molecule has 0 saturated carbocycles. The molecule has 0 rings (SSSR count). The van der Waals surface area contributed by atoms with Gasteiger partial charge in [0.25, 0.3) is 0 Å². The third-order valence-corrected chi connectivity index (χ3v) is 8.10. The minimum Gasteiger partial charge on any atom is -0.377 e. The Balaban J connectivity index is 3.51. The van der Waals surface area contributed by atoms with E-state index in [1.807, 2.05) is 18.2 Å². The van der Waals surface area contributed by atoms with Gasteiger partial charge in [-0.1, -0.05) is 155 Å². The fourth-order valence-corrected chi connectivity index (χ4v) is 5.22. The molecule has 0 aliphatic rings. The summed E-state index contributed by atoms with van der Waals surface area (Å²) in [4.78, 5) is 0. The van der Waals surface area contributed by atoms with Crippen molar-refractivity contribution in [1.82, 2.24) is 0 Å². The van der Waals surface area contributed by atoms with Crippen molar-refractivity contribution in [2.24, 2.45) is 0 Å². The van der Waals surface area contributed by atoms with Crippen LogP contribution in [0.1, 0.15) is 167 Å². The molecule has 0 radical (unpaired) electrons. The first kappa shape index (κ1) is 44.9. The summed E-state index contributed by atoms with van der Waals surface area (Å²) in [7, 11) is 0. The van der Waals surface area contributed by atoms with Crippen LogP contribution in [0.5, 0.6) is 0 Å². The largest absolute Gasteiger partial charge is 0.377 e. The van der Waals surface area contributed by atoms with E-state index in [9.17, 15) is 10.2 Å². The third-order valence-electron chi connectivity index (χ3n) is 8.10. The van der Waals surface area contributed by atoms with Crippen molar-refractivity contribution < 1.29 is 10.2 Å². The number of aliphatic hydroxyl groups is 2. The smallest absolute Gasteiger partial charge is 0.176 e. The van der Waals surface area contributed by atoms with Gasteiger partial charge in [-0.25, -0.2) is 0 Å². The zero-order valence-corrected chi connectivity index (χ0v) is 30.4. The molecule has 0 aliphatic carbocycles. The highest BCUT2D eigenvalue weighted by molar-refractivity contribution is 5.24. The van der Waals surface area contributed by atoms with Crippen LogP contribution in [0.3, 0.4) is 0 Å². The Bertz CT molecular complexity index is 1070. The summed E-state index contributed by atoms with van der Waals surface area (Å²) in [5, 5.41) is 19.2. The maximum atomic E-state index is 9.93. The molecule has 2 heteroatoms. The highest BCUT2D eigenvalue weighted by Gasteiger charge is 1.94. The Morgan fingerprint density at radius 2 is 0.854 bits per heavy atom. The second kappa shape index (κ2) is 40.0. The van der Waals surface area contributed by atoms with Crippen LogP contribution in [0.25, 0.3) is 0 Å². The van der Waals surface area contributed by atoms with Gasteiger partial charge in [-0.2, -0.15) is 0 Å². The van der Waals surface area contributed by atoms with Gasteiger partial charge in [-0.3, -0.25) is 0 Å². The van der Waals surface area contributed by atoms with E-state index in [4.69, 9.17) is 12.8 Å². The molecule has 0 fully saturated rings. The van der Waals surface area contributed by atoms with Crippen LogP contribution in [0, 0.1) is 48.4 Å². The lowest BCUT2D eigenvalue weighted by Crippen LogP contribution is -1.97. The summed E-state index contributed by atoms with van der Waals surface area (Å²) >= 11 is 0. The molecule has 0 aliphatic heterocycles. The summed E-state index contributed by atoms with van der Waals surface area (Å²) in [6, 6.07) is 0. The Hall–Kier alpha value is -3.14. The Kier molecular flexibility index (Phi) is 37.4. The summed E-state index contributed by atoms with van der Waals surface area (Å²) in [5.74, 6) is 16.4. The number of hydrogen-bond donors (Lipinski definition) is 2. The van der Waals surface area contributed by atoms with E-state index in [2.05, 4.69) is 72.0 Å². The molecule has 2 N–H and O–H groups in total. The van der Waals surface area contributed by atoms with E-state index in [-0.39, 0.29) is 0 Å². The van der Waals surface area contributed by atoms with E-state index < -0.39 is 12.2 Å². The van der Waals surface area contributed by atoms with E-state index in [1.54, 1.807) is 6.08 Å². The molecular weight excluding hydrogens is 585 g/mol. The second-order valence-electron chi connectivity index (χ2n) is 12.6. The van der Waals surface area contributed by atoms with E-state index in [1.165, 1.54) is 103 Å². The van der Waals surface area contributed by atoms with Crippen LogP contribution in [0.4, 0.5) is 0 Å². The van der Waals surface area contributed by atoms with Crippen LogP contribution in [0.2, 0.25) is 0 Å². The highest BCUT2D eigenvalue weighted by atomic mass is 16.3. The topological polar surface area (TPSA) is 40.5 Å². The normalized spacial score (nSPS) is 12.8. The van der Waals surface area contributed by atoms with E-state index in [0.717, 1.165) is 64.2 Å². The zero-order valence-electron chi connectivity index (χ0n) is 30.4. The van der Waals surface area contributed by atoms with Crippen molar-refractivity contribution in [2.75, 3.05) is 0 Å². The zero-order chi connectivity index (χ0) is 34.9. The monoisotopic (exact) mass is 653 g/mol. The Morgan fingerprint density at radius 3 is 1.38 bits per heavy atom. The average molecular weight is 653 g/mol. The molecule has 0 amide bonds. The van der Waals surface area contributed by atoms with E-state index in [0.29, 0.717) is 0 Å². The Morgan fingerprint density at radius 1 is 0.438 bits per heavy atom. The summed E-state index contributed by atoms with van der Waals surface area (Å²) < 4.78 is 0. The molecule has 0 heterocycles. The van der Waals surface area contributed by atoms with Crippen LogP contribution >= 0.6 is 0 Å². The third kappa shape index (κ3) is 39.0. The Labute approximate surface area is 297 Å². The van der Waals surface area contributed by atoms with Crippen molar-refractivity contribution in [2.45, 2.75) is 179 Å². The van der Waals surface area contributed by atoms with Crippen molar-refractivity contribution in [1.29, 1.82) is 0 Å². The minimum atomic E-state index is -0.867. The first-order valence-corrected chi connectivity index (χ1v) is 19.2. The fourth-order valence-electron chi connectivity index (χ4n) is 5.22. The quantitative estimate of drug-likeness (QED) is 0.0460. The van der Waals surface area contributed by atoms with Crippen LogP contribution < -0.4 is 0 Å². The van der Waals surface area contributed by atoms with E-state index >= 15 is 0 Å². The van der Waals surface area contributed by atoms with Gasteiger partial charge in [0.05, 0.1) is 0 Å². The van der Waals surface area contributed by atoms with Crippen molar-refractivity contribution >= 4 is 0 Å². The fraction of sp³-hybridized carbons (Fsp3) is 0.609. The molecule has 264 valence electrons. The van der Waals surface area contributed by atoms with Crippen LogP contribution in [-0.4, -0.2) is 22.4 Å². The minimum absolute atomic E-state index is 0.746. The number of aliphatic hydroxyl groups excluding tert-OH is 2. The lowest BCUT2D eigenvalue weighted by molar-refractivity contribution is 0.280. The second-order valence-corrected chi connectivity index (χ2v) is 12.6. The van der Waals surface area contributed by atoms with Gasteiger partial charge in [0, 0.05) is 6.42 Å². The molecular formula is C46H68O2. The molecule has 0 aromatic carbocycles. The van der Waals surface area contributed by atoms with Crippen LogP contribution in [-0.2, 0) is 0 Å². The maximum absolute atomic E-state index is 9.93. The van der Waals surface area contributed by atoms with Gasteiger partial charge in [0.15, 0.2) is 6.10 Å². The number of allylic oxidation sites excluding steroid dienone is 9. The molecule has 0 aromatic heterocycles. The molecule has 2 atom stereocenters. The molecule has 0 spiro atoms. The maximum Gasteiger partial charge on any atom is 0.176 e. The van der Waals surface area contributed by atoms with Crippen molar-refractivity contribution in [3.63, 3.8) is 0 Å². The molecule has 2 nitrogen and oxygen atoms in total. The number of unbranched alkanes of at least 4 members (excludes halogenated alkanes) is 22. The average Bonchev–Trinajstić information content (AvgIpc) is 3.09. The lowest BCUT2D eigenvalue weighted by atomic mass is 10.0. The highest BCUT2D eigenvalue weighted by Crippen LogP contribution is 2.13.